The number of anilines is 1. The molecule has 6 nitrogen and oxygen atoms in total. The van der Waals surface area contributed by atoms with E-state index in [0.29, 0.717) is 18.5 Å². The Morgan fingerprint density at radius 2 is 2.00 bits per heavy atom. The van der Waals surface area contributed by atoms with Crippen molar-refractivity contribution in [2.75, 3.05) is 25.6 Å². The Morgan fingerprint density at radius 3 is 2.67 bits per heavy atom. The zero-order chi connectivity index (χ0) is 13.4. The molecule has 1 heterocycles. The van der Waals surface area contributed by atoms with Crippen molar-refractivity contribution in [1.29, 1.82) is 0 Å². The van der Waals surface area contributed by atoms with Crippen LogP contribution in [-0.4, -0.2) is 36.0 Å². The van der Waals surface area contributed by atoms with Crippen LogP contribution in [0.4, 0.5) is 6.01 Å². The third-order valence-corrected chi connectivity index (χ3v) is 2.29. The van der Waals surface area contributed by atoms with Gasteiger partial charge >= 0.3 is 6.01 Å². The molecule has 0 amide bonds. The zero-order valence-electron chi connectivity index (χ0n) is 11.7. The van der Waals surface area contributed by atoms with Crippen LogP contribution in [0.15, 0.2) is 4.42 Å². The molecular formula is C12H24N4O2. The maximum atomic E-state index is 5.46. The van der Waals surface area contributed by atoms with E-state index in [2.05, 4.69) is 41.6 Å². The summed E-state index contributed by atoms with van der Waals surface area (Å²) >= 11 is 0. The third-order valence-electron chi connectivity index (χ3n) is 2.29. The minimum Gasteiger partial charge on any atom is -0.407 e. The number of hydrogen-bond donors (Lipinski definition) is 2. The Hall–Kier alpha value is -1.14. The summed E-state index contributed by atoms with van der Waals surface area (Å²) in [6, 6.07) is 0.484. The highest BCUT2D eigenvalue weighted by atomic mass is 16.5. The van der Waals surface area contributed by atoms with Gasteiger partial charge in [-0.25, -0.2) is 0 Å². The molecule has 0 aliphatic heterocycles. The van der Waals surface area contributed by atoms with Gasteiger partial charge in [0.05, 0.1) is 6.54 Å². The summed E-state index contributed by atoms with van der Waals surface area (Å²) < 4.78 is 10.4. The second-order valence-corrected chi connectivity index (χ2v) is 5.23. The first-order chi connectivity index (χ1) is 8.51. The highest BCUT2D eigenvalue weighted by molar-refractivity contribution is 5.16. The van der Waals surface area contributed by atoms with E-state index in [4.69, 9.17) is 9.15 Å². The average molecular weight is 256 g/mol. The first kappa shape index (κ1) is 14.9. The van der Waals surface area contributed by atoms with Crippen LogP contribution in [0, 0.1) is 0 Å². The normalized spacial score (nSPS) is 11.8. The number of nitrogens with one attached hydrogen (secondary N) is 2. The largest absolute Gasteiger partial charge is 0.407 e. The van der Waals surface area contributed by atoms with E-state index in [1.54, 1.807) is 7.11 Å². The van der Waals surface area contributed by atoms with Crippen molar-refractivity contribution >= 4 is 6.01 Å². The predicted octanol–water partition coefficient (Wildman–Crippen LogP) is 1.80. The summed E-state index contributed by atoms with van der Waals surface area (Å²) in [7, 11) is 1.71. The van der Waals surface area contributed by atoms with Gasteiger partial charge in [-0.2, -0.15) is 0 Å². The molecule has 0 unspecified atom stereocenters. The summed E-state index contributed by atoms with van der Waals surface area (Å²) in [6.07, 6.45) is 2.04. The quantitative estimate of drug-likeness (QED) is 0.691. The van der Waals surface area contributed by atoms with Crippen molar-refractivity contribution < 1.29 is 9.15 Å². The number of unbranched alkanes of at least 4 members (excludes halogenated alkanes) is 1. The number of aromatic nitrogens is 2. The lowest BCUT2D eigenvalue weighted by atomic mass is 10.1. The van der Waals surface area contributed by atoms with Crippen molar-refractivity contribution in [3.8, 4) is 0 Å². The van der Waals surface area contributed by atoms with Crippen LogP contribution in [0.1, 0.15) is 39.5 Å². The lowest BCUT2D eigenvalue weighted by Gasteiger charge is -2.18. The minimum atomic E-state index is 0.0439. The molecule has 0 saturated heterocycles. The zero-order valence-corrected chi connectivity index (χ0v) is 11.7. The van der Waals surface area contributed by atoms with Crippen LogP contribution in [0.2, 0.25) is 0 Å². The Labute approximate surface area is 108 Å². The fourth-order valence-electron chi connectivity index (χ4n) is 1.30. The second kappa shape index (κ2) is 7.33. The van der Waals surface area contributed by atoms with E-state index < -0.39 is 0 Å². The molecule has 0 radical (unpaired) electrons. The first-order valence-corrected chi connectivity index (χ1v) is 6.31. The predicted molar refractivity (Wildman–Crippen MR) is 70.5 cm³/mol. The summed E-state index contributed by atoms with van der Waals surface area (Å²) in [5, 5.41) is 14.3. The monoisotopic (exact) mass is 256 g/mol. The third kappa shape index (κ3) is 6.56. The standard InChI is InChI=1S/C12H24N4O2/c1-12(2,3)14-9-10-15-16-11(18-10)13-7-5-6-8-17-4/h14H,5-9H2,1-4H3,(H,13,16). The summed E-state index contributed by atoms with van der Waals surface area (Å²) in [5.41, 5.74) is 0.0439. The lowest BCUT2D eigenvalue weighted by Crippen LogP contribution is -2.35. The van der Waals surface area contributed by atoms with Crippen molar-refractivity contribution in [2.24, 2.45) is 0 Å². The van der Waals surface area contributed by atoms with Crippen LogP contribution < -0.4 is 10.6 Å². The molecule has 0 aliphatic carbocycles. The average Bonchev–Trinajstić information content (AvgIpc) is 2.73. The van der Waals surface area contributed by atoms with Crippen LogP contribution in [-0.2, 0) is 11.3 Å². The fourth-order valence-corrected chi connectivity index (χ4v) is 1.30. The highest BCUT2D eigenvalue weighted by Crippen LogP contribution is 2.07. The van der Waals surface area contributed by atoms with Crippen molar-refractivity contribution in [2.45, 2.75) is 45.7 Å². The maximum Gasteiger partial charge on any atom is 0.315 e. The molecule has 0 aliphatic rings. The number of ether oxygens (including phenoxy) is 1. The van der Waals surface area contributed by atoms with Gasteiger partial charge in [0.25, 0.3) is 0 Å². The van der Waals surface area contributed by atoms with E-state index in [9.17, 15) is 0 Å². The van der Waals surface area contributed by atoms with Crippen molar-refractivity contribution in [3.63, 3.8) is 0 Å². The van der Waals surface area contributed by atoms with E-state index in [0.717, 1.165) is 26.0 Å². The molecule has 0 aromatic carbocycles. The molecule has 1 aromatic heterocycles. The molecule has 0 atom stereocenters. The highest BCUT2D eigenvalue weighted by Gasteiger charge is 2.11. The summed E-state index contributed by atoms with van der Waals surface area (Å²) in [6.45, 7) is 8.47. The van der Waals surface area contributed by atoms with E-state index >= 15 is 0 Å². The smallest absolute Gasteiger partial charge is 0.315 e. The Kier molecular flexibility index (Phi) is 6.07. The lowest BCUT2D eigenvalue weighted by molar-refractivity contribution is 0.193. The SMILES string of the molecule is COCCCCNc1nnc(CNC(C)(C)C)o1. The second-order valence-electron chi connectivity index (χ2n) is 5.23. The number of nitrogens with zero attached hydrogens (tertiary/aromatic N) is 2. The molecule has 2 N–H and O–H groups in total. The van der Waals surface area contributed by atoms with Gasteiger partial charge in [0.15, 0.2) is 0 Å². The molecule has 18 heavy (non-hydrogen) atoms. The molecule has 0 saturated carbocycles. The van der Waals surface area contributed by atoms with Crippen LogP contribution >= 0.6 is 0 Å². The molecule has 6 heteroatoms. The van der Waals surface area contributed by atoms with Gasteiger partial charge in [-0.05, 0) is 33.6 Å². The molecule has 0 spiro atoms. The van der Waals surface area contributed by atoms with E-state index in [1.807, 2.05) is 0 Å². The topological polar surface area (TPSA) is 72.2 Å². The van der Waals surface area contributed by atoms with Crippen LogP contribution in [0.5, 0.6) is 0 Å². The van der Waals surface area contributed by atoms with Gasteiger partial charge in [-0.1, -0.05) is 5.10 Å². The van der Waals surface area contributed by atoms with Gasteiger partial charge in [-0.15, -0.1) is 5.10 Å². The molecule has 0 fully saturated rings. The Morgan fingerprint density at radius 1 is 1.22 bits per heavy atom. The Bertz CT molecular complexity index is 333. The van der Waals surface area contributed by atoms with Gasteiger partial charge in [0.1, 0.15) is 0 Å². The maximum absolute atomic E-state index is 5.46. The van der Waals surface area contributed by atoms with Crippen LogP contribution in [0.25, 0.3) is 0 Å². The van der Waals surface area contributed by atoms with Gasteiger partial charge in [0.2, 0.25) is 5.89 Å². The van der Waals surface area contributed by atoms with Crippen LogP contribution in [0.3, 0.4) is 0 Å². The Balaban J connectivity index is 2.22. The summed E-state index contributed by atoms with van der Waals surface area (Å²) in [4.78, 5) is 0. The van der Waals surface area contributed by atoms with Crippen molar-refractivity contribution in [1.82, 2.24) is 15.5 Å². The number of methoxy groups -OCH3 is 1. The number of rotatable bonds is 8. The molecule has 104 valence electrons. The molecule has 0 bridgehead atoms. The summed E-state index contributed by atoms with van der Waals surface area (Å²) in [5.74, 6) is 0.601. The fraction of sp³-hybridized carbons (Fsp3) is 0.833. The first-order valence-electron chi connectivity index (χ1n) is 6.31. The molecule has 1 rings (SSSR count). The molecule has 1 aromatic rings. The minimum absolute atomic E-state index is 0.0439. The van der Waals surface area contributed by atoms with E-state index in [-0.39, 0.29) is 5.54 Å². The van der Waals surface area contributed by atoms with Gasteiger partial charge < -0.3 is 19.8 Å². The van der Waals surface area contributed by atoms with E-state index in [1.165, 1.54) is 0 Å². The van der Waals surface area contributed by atoms with Crippen molar-refractivity contribution in [3.05, 3.63) is 5.89 Å². The van der Waals surface area contributed by atoms with Gasteiger partial charge in [-0.3, -0.25) is 0 Å². The van der Waals surface area contributed by atoms with Gasteiger partial charge in [0, 0.05) is 25.8 Å². The number of hydrogen-bond acceptors (Lipinski definition) is 6. The molecular weight excluding hydrogens is 232 g/mol.